The molecular weight excluding hydrogens is 402 g/mol. The number of fused-ring (bicyclic) bond motifs is 1. The summed E-state index contributed by atoms with van der Waals surface area (Å²) in [7, 11) is 3.28. The number of aromatic nitrogens is 2. The standard InChI is InChI=1S/C26H23N3O3/c1-31-20-12-8-18(9-13-20)23-22-24(28-27-23)26(30)29(16-17-6-4-3-5-7-17)25(22)19-10-14-21(32-2)15-11-19/h3-15,25H,16H2,1-2H3,(H,27,28). The number of amides is 1. The van der Waals surface area contributed by atoms with Crippen LogP contribution in [0.5, 0.6) is 11.5 Å². The molecule has 0 aliphatic carbocycles. The van der Waals surface area contributed by atoms with E-state index in [1.54, 1.807) is 14.2 Å². The summed E-state index contributed by atoms with van der Waals surface area (Å²) in [5.74, 6) is 1.49. The van der Waals surface area contributed by atoms with Gasteiger partial charge in [0.25, 0.3) is 5.91 Å². The lowest BCUT2D eigenvalue weighted by Crippen LogP contribution is -2.29. The largest absolute Gasteiger partial charge is 0.497 e. The maximum atomic E-state index is 13.5. The number of methoxy groups -OCH3 is 2. The van der Waals surface area contributed by atoms with E-state index in [1.165, 1.54) is 0 Å². The average Bonchev–Trinajstić information content (AvgIpc) is 3.39. The van der Waals surface area contributed by atoms with Gasteiger partial charge in [-0.15, -0.1) is 0 Å². The molecule has 5 rings (SSSR count). The molecule has 32 heavy (non-hydrogen) atoms. The Morgan fingerprint density at radius 1 is 0.875 bits per heavy atom. The van der Waals surface area contributed by atoms with Gasteiger partial charge in [-0.1, -0.05) is 42.5 Å². The lowest BCUT2D eigenvalue weighted by atomic mass is 9.95. The fraction of sp³-hybridized carbons (Fsp3) is 0.154. The topological polar surface area (TPSA) is 67.5 Å². The summed E-state index contributed by atoms with van der Waals surface area (Å²) in [6.45, 7) is 0.501. The molecule has 1 aromatic heterocycles. The number of carbonyl (C=O) groups is 1. The summed E-state index contributed by atoms with van der Waals surface area (Å²) in [6, 6.07) is 25.3. The number of nitrogens with one attached hydrogen (secondary N) is 1. The van der Waals surface area contributed by atoms with Gasteiger partial charge in [0.15, 0.2) is 0 Å². The van der Waals surface area contributed by atoms with Gasteiger partial charge in [0.05, 0.1) is 26.0 Å². The van der Waals surface area contributed by atoms with Crippen LogP contribution < -0.4 is 9.47 Å². The lowest BCUT2D eigenvalue weighted by Gasteiger charge is -2.26. The smallest absolute Gasteiger partial charge is 0.273 e. The minimum absolute atomic E-state index is 0.0584. The van der Waals surface area contributed by atoms with Crippen LogP contribution in [0.2, 0.25) is 0 Å². The molecule has 1 amide bonds. The highest BCUT2D eigenvalue weighted by molar-refractivity contribution is 6.00. The van der Waals surface area contributed by atoms with Crippen molar-refractivity contribution in [1.82, 2.24) is 15.1 Å². The van der Waals surface area contributed by atoms with E-state index in [9.17, 15) is 4.79 Å². The van der Waals surface area contributed by atoms with Crippen LogP contribution in [0.4, 0.5) is 0 Å². The van der Waals surface area contributed by atoms with Gasteiger partial charge in [0.1, 0.15) is 17.2 Å². The van der Waals surface area contributed by atoms with Gasteiger partial charge >= 0.3 is 0 Å². The van der Waals surface area contributed by atoms with Crippen LogP contribution in [0.3, 0.4) is 0 Å². The summed E-state index contributed by atoms with van der Waals surface area (Å²) in [5.41, 5.74) is 5.20. The van der Waals surface area contributed by atoms with E-state index in [-0.39, 0.29) is 11.9 Å². The minimum Gasteiger partial charge on any atom is -0.497 e. The van der Waals surface area contributed by atoms with Crippen molar-refractivity contribution in [3.05, 3.63) is 101 Å². The highest BCUT2D eigenvalue weighted by atomic mass is 16.5. The highest BCUT2D eigenvalue weighted by Gasteiger charge is 2.42. The second-order valence-corrected chi connectivity index (χ2v) is 7.68. The monoisotopic (exact) mass is 425 g/mol. The molecule has 1 unspecified atom stereocenters. The first-order chi connectivity index (χ1) is 15.7. The van der Waals surface area contributed by atoms with Gasteiger partial charge in [-0.25, -0.2) is 0 Å². The predicted molar refractivity (Wildman–Crippen MR) is 122 cm³/mol. The Kier molecular flexibility index (Phi) is 5.11. The summed E-state index contributed by atoms with van der Waals surface area (Å²) >= 11 is 0. The van der Waals surface area contributed by atoms with Crippen molar-refractivity contribution in [2.24, 2.45) is 0 Å². The predicted octanol–water partition coefficient (Wildman–Crippen LogP) is 4.84. The Hall–Kier alpha value is -4.06. The fourth-order valence-corrected chi connectivity index (χ4v) is 4.24. The van der Waals surface area contributed by atoms with Gasteiger partial charge in [0.2, 0.25) is 0 Å². The van der Waals surface area contributed by atoms with Crippen LogP contribution >= 0.6 is 0 Å². The first-order valence-corrected chi connectivity index (χ1v) is 10.4. The van der Waals surface area contributed by atoms with Gasteiger partial charge in [-0.05, 0) is 47.5 Å². The molecule has 1 atom stereocenters. The molecule has 0 saturated carbocycles. The quantitative estimate of drug-likeness (QED) is 0.480. The second kappa shape index (κ2) is 8.23. The van der Waals surface area contributed by atoms with E-state index in [1.807, 2.05) is 83.8 Å². The van der Waals surface area contributed by atoms with Crippen LogP contribution in [-0.4, -0.2) is 35.2 Å². The molecule has 4 aromatic rings. The lowest BCUT2D eigenvalue weighted by molar-refractivity contribution is 0.0730. The van der Waals surface area contributed by atoms with E-state index >= 15 is 0 Å². The van der Waals surface area contributed by atoms with Crippen molar-refractivity contribution in [2.75, 3.05) is 14.2 Å². The van der Waals surface area contributed by atoms with Crippen molar-refractivity contribution in [3.63, 3.8) is 0 Å². The molecule has 160 valence electrons. The Morgan fingerprint density at radius 2 is 1.50 bits per heavy atom. The molecule has 2 heterocycles. The van der Waals surface area contributed by atoms with Crippen molar-refractivity contribution in [2.45, 2.75) is 12.6 Å². The molecular formula is C26H23N3O3. The highest BCUT2D eigenvalue weighted by Crippen LogP contribution is 2.43. The van der Waals surface area contributed by atoms with Crippen LogP contribution in [0, 0.1) is 0 Å². The number of benzene rings is 3. The normalized spacial score (nSPS) is 15.0. The summed E-state index contributed by atoms with van der Waals surface area (Å²) < 4.78 is 10.6. The second-order valence-electron chi connectivity index (χ2n) is 7.68. The number of hydrogen-bond donors (Lipinski definition) is 1. The molecule has 0 saturated heterocycles. The molecule has 1 aliphatic rings. The Balaban J connectivity index is 1.62. The molecule has 6 heteroatoms. The number of H-pyrrole nitrogens is 1. The Bertz CT molecular complexity index is 1230. The maximum absolute atomic E-state index is 13.5. The third kappa shape index (κ3) is 3.39. The van der Waals surface area contributed by atoms with E-state index in [2.05, 4.69) is 10.2 Å². The van der Waals surface area contributed by atoms with E-state index in [4.69, 9.17) is 9.47 Å². The molecule has 0 fully saturated rings. The third-order valence-corrected chi connectivity index (χ3v) is 5.85. The van der Waals surface area contributed by atoms with Gasteiger partial charge in [0, 0.05) is 17.7 Å². The zero-order chi connectivity index (χ0) is 22.1. The zero-order valence-corrected chi connectivity index (χ0v) is 17.9. The first kappa shape index (κ1) is 19.9. The van der Waals surface area contributed by atoms with Crippen molar-refractivity contribution in [3.8, 4) is 22.8 Å². The van der Waals surface area contributed by atoms with Crippen LogP contribution in [0.15, 0.2) is 78.9 Å². The van der Waals surface area contributed by atoms with Gasteiger partial charge in [-0.3, -0.25) is 9.89 Å². The van der Waals surface area contributed by atoms with E-state index in [0.29, 0.717) is 12.2 Å². The molecule has 1 N–H and O–H groups in total. The van der Waals surface area contributed by atoms with Gasteiger partial charge < -0.3 is 14.4 Å². The summed E-state index contributed by atoms with van der Waals surface area (Å²) in [5, 5.41) is 7.53. The van der Waals surface area contributed by atoms with Crippen LogP contribution in [0.1, 0.15) is 33.2 Å². The Morgan fingerprint density at radius 3 is 2.12 bits per heavy atom. The van der Waals surface area contributed by atoms with Crippen molar-refractivity contribution < 1.29 is 14.3 Å². The summed E-state index contributed by atoms with van der Waals surface area (Å²) in [4.78, 5) is 15.4. The van der Waals surface area contributed by atoms with Crippen molar-refractivity contribution in [1.29, 1.82) is 0 Å². The van der Waals surface area contributed by atoms with Crippen LogP contribution in [-0.2, 0) is 6.54 Å². The minimum atomic E-state index is -0.264. The fourth-order valence-electron chi connectivity index (χ4n) is 4.24. The van der Waals surface area contributed by atoms with Gasteiger partial charge in [-0.2, -0.15) is 5.10 Å². The molecule has 0 radical (unpaired) electrons. The average molecular weight is 425 g/mol. The van der Waals surface area contributed by atoms with E-state index < -0.39 is 0 Å². The van der Waals surface area contributed by atoms with E-state index in [0.717, 1.165) is 39.4 Å². The molecule has 6 nitrogen and oxygen atoms in total. The number of rotatable bonds is 6. The molecule has 0 spiro atoms. The summed E-state index contributed by atoms with van der Waals surface area (Å²) in [6.07, 6.45) is 0. The number of hydrogen-bond acceptors (Lipinski definition) is 4. The molecule has 0 bridgehead atoms. The maximum Gasteiger partial charge on any atom is 0.273 e. The number of nitrogens with zero attached hydrogens (tertiary/aromatic N) is 2. The SMILES string of the molecule is COc1ccc(-c2n[nH]c3c2C(c2ccc(OC)cc2)N(Cc2ccccc2)C3=O)cc1. The number of ether oxygens (including phenoxy) is 2. The Labute approximate surface area is 186 Å². The molecule has 1 aliphatic heterocycles. The molecule has 3 aromatic carbocycles. The van der Waals surface area contributed by atoms with Crippen molar-refractivity contribution >= 4 is 5.91 Å². The van der Waals surface area contributed by atoms with Crippen LogP contribution in [0.25, 0.3) is 11.3 Å². The number of carbonyl (C=O) groups excluding carboxylic acids is 1. The first-order valence-electron chi connectivity index (χ1n) is 10.4. The number of aromatic amines is 1. The third-order valence-electron chi connectivity index (χ3n) is 5.85. The zero-order valence-electron chi connectivity index (χ0n) is 17.9.